The highest BCUT2D eigenvalue weighted by atomic mass is 16.5. The predicted molar refractivity (Wildman–Crippen MR) is 87.3 cm³/mol. The van der Waals surface area contributed by atoms with Crippen LogP contribution in [0.3, 0.4) is 0 Å². The van der Waals surface area contributed by atoms with Gasteiger partial charge in [-0.1, -0.05) is 12.1 Å². The largest absolute Gasteiger partial charge is 0.376 e. The summed E-state index contributed by atoms with van der Waals surface area (Å²) in [5, 5.41) is 3.52. The van der Waals surface area contributed by atoms with E-state index in [1.165, 1.54) is 0 Å². The van der Waals surface area contributed by atoms with Gasteiger partial charge in [0, 0.05) is 19.4 Å². The number of aromatic amines is 1. The Bertz CT molecular complexity index is 750. The molecule has 0 saturated carbocycles. The van der Waals surface area contributed by atoms with E-state index in [2.05, 4.69) is 15.3 Å². The molecule has 1 aliphatic heterocycles. The minimum atomic E-state index is -0.168. The molecule has 1 aromatic heterocycles. The molecular weight excluding hydrogens is 294 g/mol. The van der Waals surface area contributed by atoms with E-state index in [0.717, 1.165) is 19.4 Å². The Balaban J connectivity index is 1.59. The molecule has 2 N–H and O–H groups in total. The SMILES string of the molecule is C[C@@H](NC(=O)CCc1nc2ccccc2c(=O)[nH]1)[C@@H]1CCCO1. The van der Waals surface area contributed by atoms with E-state index >= 15 is 0 Å². The Morgan fingerprint density at radius 2 is 2.30 bits per heavy atom. The number of amides is 1. The Kier molecular flexibility index (Phi) is 4.71. The van der Waals surface area contributed by atoms with Gasteiger partial charge in [0.05, 0.1) is 23.0 Å². The zero-order valence-electron chi connectivity index (χ0n) is 13.2. The third-order valence-electron chi connectivity index (χ3n) is 4.16. The molecule has 6 nitrogen and oxygen atoms in total. The number of benzene rings is 1. The molecule has 0 aliphatic carbocycles. The van der Waals surface area contributed by atoms with Gasteiger partial charge in [0.15, 0.2) is 0 Å². The van der Waals surface area contributed by atoms with Crippen LogP contribution < -0.4 is 10.9 Å². The zero-order valence-corrected chi connectivity index (χ0v) is 13.2. The minimum Gasteiger partial charge on any atom is -0.376 e. The lowest BCUT2D eigenvalue weighted by Crippen LogP contribution is -2.40. The lowest BCUT2D eigenvalue weighted by Gasteiger charge is -2.19. The van der Waals surface area contributed by atoms with Crippen molar-refractivity contribution in [1.82, 2.24) is 15.3 Å². The maximum absolute atomic E-state index is 12.0. The maximum Gasteiger partial charge on any atom is 0.258 e. The van der Waals surface area contributed by atoms with Crippen molar-refractivity contribution in [2.45, 2.75) is 44.8 Å². The smallest absolute Gasteiger partial charge is 0.258 e. The lowest BCUT2D eigenvalue weighted by molar-refractivity contribution is -0.122. The van der Waals surface area contributed by atoms with Crippen molar-refractivity contribution in [2.24, 2.45) is 0 Å². The number of hydrogen-bond donors (Lipinski definition) is 2. The van der Waals surface area contributed by atoms with Gasteiger partial charge in [-0.05, 0) is 31.9 Å². The number of aromatic nitrogens is 2. The van der Waals surface area contributed by atoms with E-state index < -0.39 is 0 Å². The van der Waals surface area contributed by atoms with Gasteiger partial charge < -0.3 is 15.0 Å². The molecule has 122 valence electrons. The molecule has 2 heterocycles. The van der Waals surface area contributed by atoms with Crippen molar-refractivity contribution < 1.29 is 9.53 Å². The molecule has 1 fully saturated rings. The summed E-state index contributed by atoms with van der Waals surface area (Å²) in [7, 11) is 0. The van der Waals surface area contributed by atoms with Crippen LogP contribution in [0.1, 0.15) is 32.0 Å². The first-order chi connectivity index (χ1) is 11.1. The molecule has 1 saturated heterocycles. The van der Waals surface area contributed by atoms with Gasteiger partial charge in [-0.2, -0.15) is 0 Å². The first kappa shape index (κ1) is 15.7. The van der Waals surface area contributed by atoms with Crippen LogP contribution >= 0.6 is 0 Å². The normalized spacial score (nSPS) is 18.9. The molecule has 3 rings (SSSR count). The highest BCUT2D eigenvalue weighted by Crippen LogP contribution is 2.15. The molecule has 2 atom stereocenters. The Morgan fingerprint density at radius 3 is 3.09 bits per heavy atom. The van der Waals surface area contributed by atoms with Crippen LogP contribution in [0.4, 0.5) is 0 Å². The van der Waals surface area contributed by atoms with Crippen LogP contribution in [0.5, 0.6) is 0 Å². The van der Waals surface area contributed by atoms with Crippen molar-refractivity contribution in [3.05, 3.63) is 40.4 Å². The average Bonchev–Trinajstić information content (AvgIpc) is 3.07. The maximum atomic E-state index is 12.0. The van der Waals surface area contributed by atoms with Crippen molar-refractivity contribution in [3.63, 3.8) is 0 Å². The summed E-state index contributed by atoms with van der Waals surface area (Å²) in [4.78, 5) is 31.2. The summed E-state index contributed by atoms with van der Waals surface area (Å²) in [6, 6.07) is 7.19. The quantitative estimate of drug-likeness (QED) is 0.876. The summed E-state index contributed by atoms with van der Waals surface area (Å²) < 4.78 is 5.57. The van der Waals surface area contributed by atoms with Gasteiger partial charge in [0.1, 0.15) is 5.82 Å². The number of rotatable bonds is 5. The van der Waals surface area contributed by atoms with E-state index in [9.17, 15) is 9.59 Å². The van der Waals surface area contributed by atoms with Gasteiger partial charge in [0.2, 0.25) is 5.91 Å². The Labute approximate surface area is 134 Å². The molecule has 0 radical (unpaired) electrons. The molecular formula is C17H21N3O3. The van der Waals surface area contributed by atoms with Crippen molar-refractivity contribution >= 4 is 16.8 Å². The fourth-order valence-electron chi connectivity index (χ4n) is 2.90. The van der Waals surface area contributed by atoms with Crippen molar-refractivity contribution in [2.75, 3.05) is 6.61 Å². The number of H-pyrrole nitrogens is 1. The van der Waals surface area contributed by atoms with E-state index in [1.54, 1.807) is 18.2 Å². The van der Waals surface area contributed by atoms with Gasteiger partial charge in [-0.25, -0.2) is 4.98 Å². The number of aryl methyl sites for hydroxylation is 1. The number of fused-ring (bicyclic) bond motifs is 1. The second kappa shape index (κ2) is 6.91. The number of carbonyl (C=O) groups is 1. The third kappa shape index (κ3) is 3.76. The Hall–Kier alpha value is -2.21. The first-order valence-electron chi connectivity index (χ1n) is 8.02. The summed E-state index contributed by atoms with van der Waals surface area (Å²) in [6.07, 6.45) is 2.84. The third-order valence-corrected chi connectivity index (χ3v) is 4.16. The van der Waals surface area contributed by atoms with Gasteiger partial charge in [-0.3, -0.25) is 9.59 Å². The van der Waals surface area contributed by atoms with Gasteiger partial charge in [-0.15, -0.1) is 0 Å². The van der Waals surface area contributed by atoms with Crippen molar-refractivity contribution in [1.29, 1.82) is 0 Å². The molecule has 2 aromatic rings. The minimum absolute atomic E-state index is 0.00797. The highest BCUT2D eigenvalue weighted by Gasteiger charge is 2.23. The molecule has 0 bridgehead atoms. The highest BCUT2D eigenvalue weighted by molar-refractivity contribution is 5.78. The van der Waals surface area contributed by atoms with Gasteiger partial charge >= 0.3 is 0 Å². The molecule has 1 amide bonds. The second-order valence-corrected chi connectivity index (χ2v) is 5.94. The van der Waals surface area contributed by atoms with Crippen molar-refractivity contribution in [3.8, 4) is 0 Å². The topological polar surface area (TPSA) is 84.1 Å². The number of ether oxygens (including phenoxy) is 1. The molecule has 0 unspecified atom stereocenters. The summed E-state index contributed by atoms with van der Waals surface area (Å²) >= 11 is 0. The summed E-state index contributed by atoms with van der Waals surface area (Å²) in [5.74, 6) is 0.484. The number of nitrogens with zero attached hydrogens (tertiary/aromatic N) is 1. The predicted octanol–water partition coefficient (Wildman–Crippen LogP) is 1.54. The fraction of sp³-hybridized carbons (Fsp3) is 0.471. The average molecular weight is 315 g/mol. The molecule has 1 aromatic carbocycles. The number of carbonyl (C=O) groups excluding carboxylic acids is 1. The van der Waals surface area contributed by atoms with Crippen LogP contribution in [0.15, 0.2) is 29.1 Å². The van der Waals surface area contributed by atoms with E-state index in [4.69, 9.17) is 4.74 Å². The zero-order chi connectivity index (χ0) is 16.2. The lowest BCUT2D eigenvalue weighted by atomic mass is 10.1. The van der Waals surface area contributed by atoms with Gasteiger partial charge in [0.25, 0.3) is 5.56 Å². The first-order valence-corrected chi connectivity index (χ1v) is 8.02. The van der Waals surface area contributed by atoms with E-state index in [1.807, 2.05) is 13.0 Å². The van der Waals surface area contributed by atoms with Crippen LogP contribution in [0.25, 0.3) is 10.9 Å². The fourth-order valence-corrected chi connectivity index (χ4v) is 2.90. The summed E-state index contributed by atoms with van der Waals surface area (Å²) in [5.41, 5.74) is 0.484. The van der Waals surface area contributed by atoms with Crippen LogP contribution in [-0.2, 0) is 16.0 Å². The number of hydrogen-bond acceptors (Lipinski definition) is 4. The number of para-hydroxylation sites is 1. The second-order valence-electron chi connectivity index (χ2n) is 5.94. The summed E-state index contributed by atoms with van der Waals surface area (Å²) in [6.45, 7) is 2.73. The molecule has 1 aliphatic rings. The van der Waals surface area contributed by atoms with Crippen LogP contribution in [-0.4, -0.2) is 34.6 Å². The van der Waals surface area contributed by atoms with Crippen LogP contribution in [0.2, 0.25) is 0 Å². The van der Waals surface area contributed by atoms with Crippen LogP contribution in [0, 0.1) is 0 Å². The standard InChI is InChI=1S/C17H21N3O3/c1-11(14-7-4-10-23-14)18-16(21)9-8-15-19-13-6-3-2-5-12(13)17(22)20-15/h2-3,5-6,11,14H,4,7-10H2,1H3,(H,18,21)(H,19,20,22)/t11-,14+/m1/s1. The molecule has 0 spiro atoms. The molecule has 23 heavy (non-hydrogen) atoms. The van der Waals surface area contributed by atoms with E-state index in [-0.39, 0.29) is 23.6 Å². The van der Waals surface area contributed by atoms with E-state index in [0.29, 0.717) is 29.6 Å². The monoisotopic (exact) mass is 315 g/mol. The number of nitrogens with one attached hydrogen (secondary N) is 2. The molecule has 6 heteroatoms. The Morgan fingerprint density at radius 1 is 1.48 bits per heavy atom.